The van der Waals surface area contributed by atoms with Crippen molar-refractivity contribution in [3.8, 4) is 17.2 Å². The Kier molecular flexibility index (Phi) is 6.35. The molecule has 0 spiro atoms. The summed E-state index contributed by atoms with van der Waals surface area (Å²) in [4.78, 5) is 23.9. The van der Waals surface area contributed by atoms with Gasteiger partial charge in [0.2, 0.25) is 5.89 Å². The molecule has 0 aliphatic heterocycles. The largest absolute Gasteiger partial charge is 0.488 e. The summed E-state index contributed by atoms with van der Waals surface area (Å²) < 4.78 is 24.8. The maximum Gasteiger partial charge on any atom is 0.336 e. The van der Waals surface area contributed by atoms with Crippen molar-refractivity contribution in [3.63, 3.8) is 0 Å². The topological polar surface area (TPSA) is 123 Å². The van der Waals surface area contributed by atoms with Crippen LogP contribution in [0.25, 0.3) is 11.5 Å². The summed E-state index contributed by atoms with van der Waals surface area (Å²) in [6.45, 7) is 1.46. The molecule has 1 heterocycles. The van der Waals surface area contributed by atoms with Gasteiger partial charge in [-0.05, 0) is 41.8 Å². The summed E-state index contributed by atoms with van der Waals surface area (Å²) in [6, 6.07) is 16.1. The second kappa shape index (κ2) is 9.53. The molecule has 0 unspecified atom stereocenters. The predicted octanol–water partition coefficient (Wildman–Crippen LogP) is 4.75. The fraction of sp³-hybridized carbons (Fsp3) is 0.120. The first-order chi connectivity index (χ1) is 16.3. The summed E-state index contributed by atoms with van der Waals surface area (Å²) in [5.41, 5.74) is 1.01. The number of hydrogen-bond donors (Lipinski definition) is 2. The van der Waals surface area contributed by atoms with Gasteiger partial charge >= 0.3 is 11.9 Å². The highest BCUT2D eigenvalue weighted by Crippen LogP contribution is 2.37. The van der Waals surface area contributed by atoms with Gasteiger partial charge < -0.3 is 19.4 Å². The van der Waals surface area contributed by atoms with Crippen molar-refractivity contribution < 1.29 is 33.3 Å². The fourth-order valence-electron chi connectivity index (χ4n) is 3.51. The SMILES string of the molecule is Cc1c(C(=O)O)cc(OCc2ccccc2)c(-c2nnc(Cc3ccc(F)cc3)o2)c1C(=O)O. The van der Waals surface area contributed by atoms with E-state index >= 15 is 0 Å². The summed E-state index contributed by atoms with van der Waals surface area (Å²) in [7, 11) is 0. The Morgan fingerprint density at radius 3 is 2.32 bits per heavy atom. The lowest BCUT2D eigenvalue weighted by molar-refractivity contribution is 0.0695. The van der Waals surface area contributed by atoms with Gasteiger partial charge in [0.25, 0.3) is 5.89 Å². The Bertz CT molecular complexity index is 1350. The van der Waals surface area contributed by atoms with Crippen molar-refractivity contribution in [1.29, 1.82) is 0 Å². The van der Waals surface area contributed by atoms with Crippen LogP contribution >= 0.6 is 0 Å². The number of aromatic nitrogens is 2. The van der Waals surface area contributed by atoms with Gasteiger partial charge in [-0.15, -0.1) is 10.2 Å². The molecule has 0 bridgehead atoms. The number of nitrogens with zero attached hydrogens (tertiary/aromatic N) is 2. The van der Waals surface area contributed by atoms with E-state index in [-0.39, 0.29) is 58.6 Å². The minimum atomic E-state index is -1.36. The molecule has 34 heavy (non-hydrogen) atoms. The Morgan fingerprint density at radius 2 is 1.68 bits per heavy atom. The normalized spacial score (nSPS) is 10.8. The minimum absolute atomic E-state index is 0.0104. The van der Waals surface area contributed by atoms with Gasteiger partial charge in [0, 0.05) is 0 Å². The third kappa shape index (κ3) is 4.78. The van der Waals surface area contributed by atoms with Gasteiger partial charge in [0.05, 0.1) is 23.1 Å². The maximum absolute atomic E-state index is 13.2. The number of carbonyl (C=O) groups is 2. The molecular formula is C25H19FN2O6. The molecule has 1 aromatic heterocycles. The predicted molar refractivity (Wildman–Crippen MR) is 118 cm³/mol. The van der Waals surface area contributed by atoms with Crippen LogP contribution in [0.2, 0.25) is 0 Å². The van der Waals surface area contributed by atoms with Gasteiger partial charge in [-0.25, -0.2) is 14.0 Å². The van der Waals surface area contributed by atoms with E-state index in [4.69, 9.17) is 9.15 Å². The molecule has 0 amide bonds. The highest BCUT2D eigenvalue weighted by Gasteiger charge is 2.28. The molecule has 4 rings (SSSR count). The monoisotopic (exact) mass is 462 g/mol. The van der Waals surface area contributed by atoms with E-state index in [1.165, 1.54) is 25.1 Å². The van der Waals surface area contributed by atoms with E-state index in [1.807, 2.05) is 30.3 Å². The first-order valence-corrected chi connectivity index (χ1v) is 10.2. The second-order valence-corrected chi connectivity index (χ2v) is 7.49. The lowest BCUT2D eigenvalue weighted by Crippen LogP contribution is -2.11. The Labute approximate surface area is 193 Å². The Balaban J connectivity index is 1.78. The van der Waals surface area contributed by atoms with Gasteiger partial charge in [-0.2, -0.15) is 0 Å². The summed E-state index contributed by atoms with van der Waals surface area (Å²) in [5.74, 6) is -3.00. The van der Waals surface area contributed by atoms with Crippen molar-refractivity contribution in [1.82, 2.24) is 10.2 Å². The third-order valence-corrected chi connectivity index (χ3v) is 5.18. The summed E-state index contributed by atoms with van der Waals surface area (Å²) in [6.07, 6.45) is 0.197. The van der Waals surface area contributed by atoms with E-state index < -0.39 is 11.9 Å². The first-order valence-electron chi connectivity index (χ1n) is 10.2. The number of benzene rings is 3. The molecular weight excluding hydrogens is 443 g/mol. The number of halogens is 1. The molecule has 3 aromatic carbocycles. The summed E-state index contributed by atoms with van der Waals surface area (Å²) >= 11 is 0. The highest BCUT2D eigenvalue weighted by molar-refractivity contribution is 6.03. The quantitative estimate of drug-likeness (QED) is 0.385. The van der Waals surface area contributed by atoms with Crippen molar-refractivity contribution in [3.05, 3.63) is 100 Å². The molecule has 2 N–H and O–H groups in total. The van der Waals surface area contributed by atoms with Gasteiger partial charge in [0.1, 0.15) is 18.2 Å². The molecule has 0 radical (unpaired) electrons. The van der Waals surface area contributed by atoms with E-state index in [0.29, 0.717) is 5.56 Å². The van der Waals surface area contributed by atoms with Crippen molar-refractivity contribution >= 4 is 11.9 Å². The van der Waals surface area contributed by atoms with Crippen molar-refractivity contribution in [2.45, 2.75) is 20.0 Å². The molecule has 8 nitrogen and oxygen atoms in total. The van der Waals surface area contributed by atoms with Crippen LogP contribution in [0.3, 0.4) is 0 Å². The number of hydrogen-bond acceptors (Lipinski definition) is 6. The van der Waals surface area contributed by atoms with Crippen LogP contribution < -0.4 is 4.74 Å². The molecule has 0 aliphatic rings. The second-order valence-electron chi connectivity index (χ2n) is 7.49. The lowest BCUT2D eigenvalue weighted by Gasteiger charge is -2.16. The number of ether oxygens (including phenoxy) is 1. The molecule has 0 atom stereocenters. The van der Waals surface area contributed by atoms with Crippen LogP contribution in [-0.2, 0) is 13.0 Å². The zero-order valence-electron chi connectivity index (χ0n) is 18.0. The Hall–Kier alpha value is -4.53. The number of rotatable bonds is 8. The van der Waals surface area contributed by atoms with E-state index in [0.717, 1.165) is 5.56 Å². The van der Waals surface area contributed by atoms with Crippen LogP contribution in [0, 0.1) is 12.7 Å². The molecule has 0 saturated heterocycles. The fourth-order valence-corrected chi connectivity index (χ4v) is 3.51. The van der Waals surface area contributed by atoms with Crippen molar-refractivity contribution in [2.24, 2.45) is 0 Å². The van der Waals surface area contributed by atoms with Crippen LogP contribution in [0.4, 0.5) is 4.39 Å². The average molecular weight is 462 g/mol. The molecule has 0 fully saturated rings. The minimum Gasteiger partial charge on any atom is -0.488 e. The first kappa shape index (κ1) is 22.7. The molecule has 0 saturated carbocycles. The molecule has 4 aromatic rings. The zero-order chi connectivity index (χ0) is 24.2. The lowest BCUT2D eigenvalue weighted by atomic mass is 9.95. The maximum atomic E-state index is 13.2. The van der Waals surface area contributed by atoms with Gasteiger partial charge in [-0.1, -0.05) is 42.5 Å². The Morgan fingerprint density at radius 1 is 0.971 bits per heavy atom. The van der Waals surface area contributed by atoms with Crippen LogP contribution in [0.15, 0.2) is 65.1 Å². The van der Waals surface area contributed by atoms with Crippen LogP contribution in [-0.4, -0.2) is 32.3 Å². The van der Waals surface area contributed by atoms with Crippen LogP contribution in [0.5, 0.6) is 5.75 Å². The van der Waals surface area contributed by atoms with Crippen molar-refractivity contribution in [2.75, 3.05) is 0 Å². The van der Waals surface area contributed by atoms with Gasteiger partial charge in [0.15, 0.2) is 0 Å². The molecule has 0 aliphatic carbocycles. The number of carboxylic acids is 2. The zero-order valence-corrected chi connectivity index (χ0v) is 18.0. The van der Waals surface area contributed by atoms with Crippen LogP contribution in [0.1, 0.15) is 43.3 Å². The summed E-state index contributed by atoms with van der Waals surface area (Å²) in [5, 5.41) is 27.5. The molecule has 9 heteroatoms. The number of aromatic carboxylic acids is 2. The van der Waals surface area contributed by atoms with E-state index in [9.17, 15) is 24.2 Å². The number of carboxylic acid groups (broad SMARTS) is 2. The standard InChI is InChI=1S/C25H19FN2O6/c1-14-18(24(29)30)12-19(33-13-16-5-3-2-4-6-16)22(21(14)25(31)32)23-28-27-20(34-23)11-15-7-9-17(26)10-8-15/h2-10,12H,11,13H2,1H3,(H,29,30)(H,31,32). The van der Waals surface area contributed by atoms with E-state index in [2.05, 4.69) is 10.2 Å². The third-order valence-electron chi connectivity index (χ3n) is 5.18. The van der Waals surface area contributed by atoms with E-state index in [1.54, 1.807) is 12.1 Å². The van der Waals surface area contributed by atoms with Gasteiger partial charge in [-0.3, -0.25) is 0 Å². The molecule has 172 valence electrons. The highest BCUT2D eigenvalue weighted by atomic mass is 19.1. The smallest absolute Gasteiger partial charge is 0.336 e. The average Bonchev–Trinajstić information content (AvgIpc) is 3.27.